The van der Waals surface area contributed by atoms with Crippen LogP contribution in [0.4, 0.5) is 5.13 Å². The largest absolute Gasteiger partial charge is 0.360 e. The molecule has 1 aromatic rings. The first-order valence-electron chi connectivity index (χ1n) is 4.62. The molecule has 0 atom stereocenters. The highest BCUT2D eigenvalue weighted by molar-refractivity contribution is 7.91. The molecule has 5 N–H and O–H groups in total. The third kappa shape index (κ3) is 3.71. The van der Waals surface area contributed by atoms with Crippen LogP contribution in [0.2, 0.25) is 0 Å². The van der Waals surface area contributed by atoms with Crippen LogP contribution in [0.3, 0.4) is 0 Å². The van der Waals surface area contributed by atoms with Gasteiger partial charge in [-0.15, -0.1) is 0 Å². The van der Waals surface area contributed by atoms with Crippen LogP contribution in [0.25, 0.3) is 0 Å². The molecular formula is C8H16N4O2S2. The summed E-state index contributed by atoms with van der Waals surface area (Å²) in [7, 11) is -3.68. The maximum absolute atomic E-state index is 11.2. The van der Waals surface area contributed by atoms with Crippen LogP contribution in [0.15, 0.2) is 4.21 Å². The Morgan fingerprint density at radius 2 is 2.06 bits per heavy atom. The maximum Gasteiger partial charge on any atom is 0.249 e. The zero-order valence-corrected chi connectivity index (χ0v) is 11.1. The Labute approximate surface area is 99.1 Å². The minimum absolute atomic E-state index is 0.0878. The zero-order chi connectivity index (χ0) is 12.6. The first-order chi connectivity index (χ1) is 7.09. The normalized spacial score (nSPS) is 12.8. The highest BCUT2D eigenvalue weighted by Gasteiger charge is 2.18. The van der Waals surface area contributed by atoms with Gasteiger partial charge in [0.2, 0.25) is 10.0 Å². The van der Waals surface area contributed by atoms with E-state index in [2.05, 4.69) is 10.3 Å². The molecule has 0 bridgehead atoms. The SMILES string of the molecule is Cc1nc(NCC(C)(C)N)sc1S(N)(=O)=O. The fourth-order valence-corrected chi connectivity index (χ4v) is 2.88. The fourth-order valence-electron chi connectivity index (χ4n) is 1.03. The smallest absolute Gasteiger partial charge is 0.249 e. The van der Waals surface area contributed by atoms with E-state index in [4.69, 9.17) is 10.9 Å². The summed E-state index contributed by atoms with van der Waals surface area (Å²) in [6.07, 6.45) is 0. The lowest BCUT2D eigenvalue weighted by Crippen LogP contribution is -2.39. The number of rotatable bonds is 4. The first-order valence-corrected chi connectivity index (χ1v) is 6.99. The molecule has 0 radical (unpaired) electrons. The molecule has 0 fully saturated rings. The molecule has 0 aromatic carbocycles. The number of hydrogen-bond donors (Lipinski definition) is 3. The molecule has 1 heterocycles. The van der Waals surface area contributed by atoms with Crippen molar-refractivity contribution in [3.05, 3.63) is 5.69 Å². The highest BCUT2D eigenvalue weighted by Crippen LogP contribution is 2.25. The van der Waals surface area contributed by atoms with Crippen LogP contribution >= 0.6 is 11.3 Å². The molecule has 0 amide bonds. The van der Waals surface area contributed by atoms with E-state index in [0.717, 1.165) is 11.3 Å². The van der Waals surface area contributed by atoms with Gasteiger partial charge in [-0.1, -0.05) is 11.3 Å². The fraction of sp³-hybridized carbons (Fsp3) is 0.625. The number of primary sulfonamides is 1. The minimum atomic E-state index is -3.68. The van der Waals surface area contributed by atoms with Crippen molar-refractivity contribution in [2.24, 2.45) is 10.9 Å². The molecule has 0 aliphatic carbocycles. The molecule has 1 rings (SSSR count). The first kappa shape index (κ1) is 13.4. The second kappa shape index (κ2) is 4.28. The topological polar surface area (TPSA) is 111 Å². The van der Waals surface area contributed by atoms with Gasteiger partial charge in [0.15, 0.2) is 9.34 Å². The second-order valence-electron chi connectivity index (χ2n) is 4.28. The highest BCUT2D eigenvalue weighted by atomic mass is 32.2. The van der Waals surface area contributed by atoms with Gasteiger partial charge in [0, 0.05) is 12.1 Å². The third-order valence-electron chi connectivity index (χ3n) is 1.71. The Morgan fingerprint density at radius 1 is 1.50 bits per heavy atom. The quantitative estimate of drug-likeness (QED) is 0.721. The molecule has 0 aliphatic rings. The number of sulfonamides is 1. The van der Waals surface area contributed by atoms with E-state index in [1.54, 1.807) is 6.92 Å². The van der Waals surface area contributed by atoms with Crippen molar-refractivity contribution in [1.82, 2.24) is 4.98 Å². The van der Waals surface area contributed by atoms with Crippen LogP contribution in [-0.2, 0) is 10.0 Å². The number of nitrogens with zero attached hydrogens (tertiary/aromatic N) is 1. The predicted molar refractivity (Wildman–Crippen MR) is 65.0 cm³/mol. The Kier molecular flexibility index (Phi) is 3.58. The number of aryl methyl sites for hydroxylation is 1. The van der Waals surface area contributed by atoms with Gasteiger partial charge in [-0.2, -0.15) is 0 Å². The zero-order valence-electron chi connectivity index (χ0n) is 9.44. The van der Waals surface area contributed by atoms with Gasteiger partial charge in [-0.05, 0) is 20.8 Å². The summed E-state index contributed by atoms with van der Waals surface area (Å²) in [5, 5.41) is 8.54. The van der Waals surface area contributed by atoms with Crippen molar-refractivity contribution < 1.29 is 8.42 Å². The van der Waals surface area contributed by atoms with Crippen LogP contribution in [0.5, 0.6) is 0 Å². The van der Waals surface area contributed by atoms with E-state index in [9.17, 15) is 8.42 Å². The molecule has 16 heavy (non-hydrogen) atoms. The van der Waals surface area contributed by atoms with E-state index in [-0.39, 0.29) is 9.75 Å². The lowest BCUT2D eigenvalue weighted by molar-refractivity contribution is 0.549. The van der Waals surface area contributed by atoms with Gasteiger partial charge in [0.25, 0.3) is 0 Å². The van der Waals surface area contributed by atoms with Gasteiger partial charge in [-0.3, -0.25) is 0 Å². The van der Waals surface area contributed by atoms with Crippen molar-refractivity contribution >= 4 is 26.5 Å². The van der Waals surface area contributed by atoms with Crippen molar-refractivity contribution in [3.8, 4) is 0 Å². The average Bonchev–Trinajstić information content (AvgIpc) is 2.41. The second-order valence-corrected chi connectivity index (χ2v) is 7.03. The molecule has 0 saturated carbocycles. The van der Waals surface area contributed by atoms with E-state index < -0.39 is 10.0 Å². The standard InChI is InChI=1S/C8H16N4O2S2/c1-5-6(16(10,13)14)15-7(12-5)11-4-8(2,3)9/h4,9H2,1-3H3,(H,11,12)(H2,10,13,14). The summed E-state index contributed by atoms with van der Waals surface area (Å²) in [6, 6.07) is 0. The predicted octanol–water partition coefficient (Wildman–Crippen LogP) is 0.248. The van der Waals surface area contributed by atoms with Gasteiger partial charge in [-0.25, -0.2) is 18.5 Å². The molecule has 1 aromatic heterocycles. The van der Waals surface area contributed by atoms with Crippen molar-refractivity contribution in [1.29, 1.82) is 0 Å². The summed E-state index contributed by atoms with van der Waals surface area (Å²) >= 11 is 1.02. The van der Waals surface area contributed by atoms with Crippen LogP contribution in [0, 0.1) is 6.92 Å². The monoisotopic (exact) mass is 264 g/mol. The Hall–Kier alpha value is -0.700. The summed E-state index contributed by atoms with van der Waals surface area (Å²) in [5.74, 6) is 0. The summed E-state index contributed by atoms with van der Waals surface area (Å²) < 4.78 is 22.4. The molecule has 0 unspecified atom stereocenters. The third-order valence-corrected chi connectivity index (χ3v) is 4.38. The summed E-state index contributed by atoms with van der Waals surface area (Å²) in [6.45, 7) is 5.83. The molecular weight excluding hydrogens is 248 g/mol. The number of thiazole rings is 1. The Morgan fingerprint density at radius 3 is 2.44 bits per heavy atom. The lowest BCUT2D eigenvalue weighted by atomic mass is 10.1. The lowest BCUT2D eigenvalue weighted by Gasteiger charge is -2.18. The minimum Gasteiger partial charge on any atom is -0.360 e. The number of nitrogens with one attached hydrogen (secondary N) is 1. The van der Waals surface area contributed by atoms with E-state index in [1.807, 2.05) is 13.8 Å². The van der Waals surface area contributed by atoms with Gasteiger partial charge >= 0.3 is 0 Å². The van der Waals surface area contributed by atoms with Gasteiger partial charge in [0.05, 0.1) is 5.69 Å². The molecule has 0 saturated heterocycles. The van der Waals surface area contributed by atoms with Gasteiger partial charge in [0.1, 0.15) is 0 Å². The summed E-state index contributed by atoms with van der Waals surface area (Å²) in [4.78, 5) is 4.07. The molecule has 0 spiro atoms. The van der Waals surface area contributed by atoms with E-state index in [0.29, 0.717) is 17.4 Å². The number of anilines is 1. The molecule has 6 nitrogen and oxygen atoms in total. The number of nitrogens with two attached hydrogens (primary N) is 2. The van der Waals surface area contributed by atoms with Crippen molar-refractivity contribution in [2.75, 3.05) is 11.9 Å². The number of hydrogen-bond acceptors (Lipinski definition) is 6. The van der Waals surface area contributed by atoms with E-state index in [1.165, 1.54) is 0 Å². The maximum atomic E-state index is 11.2. The number of aromatic nitrogens is 1. The Balaban J connectivity index is 2.87. The molecule has 92 valence electrons. The van der Waals surface area contributed by atoms with Crippen molar-refractivity contribution in [2.45, 2.75) is 30.5 Å². The molecule has 0 aliphatic heterocycles. The Bertz CT molecular complexity index is 473. The van der Waals surface area contributed by atoms with Crippen LogP contribution in [-0.4, -0.2) is 25.5 Å². The summed E-state index contributed by atoms with van der Waals surface area (Å²) in [5.41, 5.74) is 5.81. The van der Waals surface area contributed by atoms with Crippen LogP contribution < -0.4 is 16.2 Å². The van der Waals surface area contributed by atoms with Crippen molar-refractivity contribution in [3.63, 3.8) is 0 Å². The van der Waals surface area contributed by atoms with Crippen LogP contribution in [0.1, 0.15) is 19.5 Å². The molecule has 8 heteroatoms. The van der Waals surface area contributed by atoms with Gasteiger partial charge < -0.3 is 11.1 Å². The van der Waals surface area contributed by atoms with E-state index >= 15 is 0 Å². The average molecular weight is 264 g/mol.